The number of thiazole rings is 1. The minimum absolute atomic E-state index is 0.104. The number of fused-ring (bicyclic) bond motifs is 1. The van der Waals surface area contributed by atoms with Gasteiger partial charge in [0.15, 0.2) is 16.3 Å². The fourth-order valence-corrected chi connectivity index (χ4v) is 5.29. The number of carbonyl (C=O) groups excluding carboxylic acids is 1. The highest BCUT2D eigenvalue weighted by Gasteiger charge is 2.34. The first-order chi connectivity index (χ1) is 19.2. The summed E-state index contributed by atoms with van der Waals surface area (Å²) in [5, 5.41) is 11.6. The molecule has 1 aliphatic rings. The number of esters is 1. The first-order valence-corrected chi connectivity index (χ1v) is 13.3. The lowest BCUT2D eigenvalue weighted by Crippen LogP contribution is -2.40. The SMILES string of the molecule is C=CCOc1ccc(C2C(C(=O)OCC(C)C)=C(C)N=c3sc(=Cc4ccccc4[N+](=O)[O-])c(=O)n32)cc1OC. The van der Waals surface area contributed by atoms with Crippen molar-refractivity contribution in [2.75, 3.05) is 20.3 Å². The predicted octanol–water partition coefficient (Wildman–Crippen LogP) is 3.92. The summed E-state index contributed by atoms with van der Waals surface area (Å²) in [6.45, 7) is 9.67. The van der Waals surface area contributed by atoms with Crippen molar-refractivity contribution in [1.29, 1.82) is 0 Å². The standard InChI is InChI=1S/C29H29N3O7S/c1-6-13-38-22-12-11-20(14-23(22)37-5)26-25(28(34)39-16-17(2)3)18(4)30-29-31(26)27(33)24(40-29)15-19-9-7-8-10-21(19)32(35)36/h6-12,14-15,17,26H,1,13,16H2,2-5H3. The highest BCUT2D eigenvalue weighted by Crippen LogP contribution is 2.36. The zero-order valence-corrected chi connectivity index (χ0v) is 23.4. The molecule has 208 valence electrons. The van der Waals surface area contributed by atoms with E-state index in [1.165, 1.54) is 23.8 Å². The molecule has 0 N–H and O–H groups in total. The third-order valence-electron chi connectivity index (χ3n) is 6.07. The number of nitro groups is 1. The van der Waals surface area contributed by atoms with E-state index in [1.54, 1.807) is 49.4 Å². The zero-order chi connectivity index (χ0) is 29.0. The van der Waals surface area contributed by atoms with Crippen molar-refractivity contribution in [3.05, 3.63) is 107 Å². The van der Waals surface area contributed by atoms with E-state index in [4.69, 9.17) is 14.2 Å². The average Bonchev–Trinajstić information content (AvgIpc) is 3.23. The fraction of sp³-hybridized carbons (Fsp3) is 0.276. The van der Waals surface area contributed by atoms with Gasteiger partial charge in [-0.2, -0.15) is 0 Å². The summed E-state index contributed by atoms with van der Waals surface area (Å²) in [6.07, 6.45) is 3.08. The van der Waals surface area contributed by atoms with Gasteiger partial charge in [0.2, 0.25) is 0 Å². The van der Waals surface area contributed by atoms with Crippen LogP contribution in [-0.4, -0.2) is 35.8 Å². The molecule has 10 nitrogen and oxygen atoms in total. The molecule has 1 unspecified atom stereocenters. The third kappa shape index (κ3) is 5.74. The Bertz CT molecular complexity index is 1680. The largest absolute Gasteiger partial charge is 0.493 e. The molecular formula is C29H29N3O7S. The lowest BCUT2D eigenvalue weighted by Gasteiger charge is -2.25. The number of hydrogen-bond donors (Lipinski definition) is 0. The molecule has 1 atom stereocenters. The van der Waals surface area contributed by atoms with Gasteiger partial charge in [0.1, 0.15) is 6.61 Å². The Hall–Kier alpha value is -4.51. The maximum atomic E-state index is 13.9. The molecule has 2 heterocycles. The molecule has 0 saturated heterocycles. The van der Waals surface area contributed by atoms with Gasteiger partial charge in [-0.3, -0.25) is 19.5 Å². The molecule has 0 saturated carbocycles. The van der Waals surface area contributed by atoms with Crippen LogP contribution in [0.25, 0.3) is 6.08 Å². The molecular weight excluding hydrogens is 534 g/mol. The molecule has 0 aliphatic carbocycles. The molecule has 0 amide bonds. The van der Waals surface area contributed by atoms with Crippen molar-refractivity contribution in [2.45, 2.75) is 26.8 Å². The molecule has 0 fully saturated rings. The maximum Gasteiger partial charge on any atom is 0.338 e. The number of rotatable bonds is 10. The van der Waals surface area contributed by atoms with Crippen LogP contribution in [0.3, 0.4) is 0 Å². The van der Waals surface area contributed by atoms with Gasteiger partial charge in [-0.05, 0) is 42.7 Å². The molecule has 1 aliphatic heterocycles. The maximum absolute atomic E-state index is 13.9. The van der Waals surface area contributed by atoms with Gasteiger partial charge >= 0.3 is 5.97 Å². The second kappa shape index (κ2) is 12.1. The Morgan fingerprint density at radius 2 is 2.00 bits per heavy atom. The number of nitrogens with zero attached hydrogens (tertiary/aromatic N) is 3. The number of methoxy groups -OCH3 is 1. The Labute approximate surface area is 234 Å². The minimum Gasteiger partial charge on any atom is -0.493 e. The zero-order valence-electron chi connectivity index (χ0n) is 22.6. The van der Waals surface area contributed by atoms with E-state index in [2.05, 4.69) is 11.6 Å². The summed E-state index contributed by atoms with van der Waals surface area (Å²) in [6, 6.07) is 10.4. The number of ether oxygens (including phenoxy) is 3. The molecule has 0 spiro atoms. The quantitative estimate of drug-likeness (QED) is 0.159. The van der Waals surface area contributed by atoms with E-state index < -0.39 is 22.5 Å². The summed E-state index contributed by atoms with van der Waals surface area (Å²) in [7, 11) is 1.50. The number of nitro benzene ring substituents is 1. The summed E-state index contributed by atoms with van der Waals surface area (Å²) >= 11 is 1.09. The topological polar surface area (TPSA) is 122 Å². The molecule has 11 heteroatoms. The lowest BCUT2D eigenvalue weighted by molar-refractivity contribution is -0.385. The number of benzene rings is 2. The molecule has 3 aromatic rings. The number of carbonyl (C=O) groups is 1. The van der Waals surface area contributed by atoms with Crippen molar-refractivity contribution in [1.82, 2.24) is 4.57 Å². The van der Waals surface area contributed by atoms with Crippen molar-refractivity contribution >= 4 is 29.1 Å². The van der Waals surface area contributed by atoms with Crippen LogP contribution in [0.15, 0.2) is 76.2 Å². The molecule has 1 aromatic heterocycles. The van der Waals surface area contributed by atoms with Gasteiger partial charge in [-0.15, -0.1) is 0 Å². The van der Waals surface area contributed by atoms with Crippen molar-refractivity contribution in [3.63, 3.8) is 0 Å². The summed E-state index contributed by atoms with van der Waals surface area (Å²) in [4.78, 5) is 43.2. The molecule has 2 aromatic carbocycles. The van der Waals surface area contributed by atoms with Gasteiger partial charge in [0.05, 0.1) is 46.0 Å². The Morgan fingerprint density at radius 1 is 1.25 bits per heavy atom. The normalized spacial score (nSPS) is 14.9. The Morgan fingerprint density at radius 3 is 2.67 bits per heavy atom. The Kier molecular flexibility index (Phi) is 8.64. The van der Waals surface area contributed by atoms with Gasteiger partial charge in [-0.25, -0.2) is 9.79 Å². The van der Waals surface area contributed by atoms with Gasteiger partial charge in [0.25, 0.3) is 11.2 Å². The fourth-order valence-electron chi connectivity index (χ4n) is 4.26. The van der Waals surface area contributed by atoms with Gasteiger partial charge in [0, 0.05) is 6.07 Å². The van der Waals surface area contributed by atoms with Crippen molar-refractivity contribution < 1.29 is 23.9 Å². The monoisotopic (exact) mass is 563 g/mol. The van der Waals surface area contributed by atoms with Crippen LogP contribution >= 0.6 is 11.3 Å². The number of para-hydroxylation sites is 1. The highest BCUT2D eigenvalue weighted by molar-refractivity contribution is 7.07. The summed E-state index contributed by atoms with van der Waals surface area (Å²) in [5.74, 6) is 0.400. The van der Waals surface area contributed by atoms with Crippen LogP contribution in [0.2, 0.25) is 0 Å². The van der Waals surface area contributed by atoms with Gasteiger partial charge < -0.3 is 14.2 Å². The van der Waals surface area contributed by atoms with Gasteiger partial charge in [-0.1, -0.05) is 56.0 Å². The summed E-state index contributed by atoms with van der Waals surface area (Å²) < 4.78 is 18.5. The first kappa shape index (κ1) is 28.5. The van der Waals surface area contributed by atoms with Crippen molar-refractivity contribution in [3.8, 4) is 11.5 Å². The molecule has 0 bridgehead atoms. The lowest BCUT2D eigenvalue weighted by atomic mass is 9.95. The number of aromatic nitrogens is 1. The van der Waals surface area contributed by atoms with Crippen molar-refractivity contribution in [2.24, 2.45) is 10.9 Å². The number of hydrogen-bond acceptors (Lipinski definition) is 9. The predicted molar refractivity (Wildman–Crippen MR) is 151 cm³/mol. The molecule has 40 heavy (non-hydrogen) atoms. The van der Waals surface area contributed by atoms with E-state index in [0.29, 0.717) is 27.6 Å². The third-order valence-corrected chi connectivity index (χ3v) is 7.05. The second-order valence-electron chi connectivity index (χ2n) is 9.40. The van der Waals surface area contributed by atoms with E-state index in [0.717, 1.165) is 11.3 Å². The summed E-state index contributed by atoms with van der Waals surface area (Å²) in [5.41, 5.74) is 0.910. The first-order valence-electron chi connectivity index (χ1n) is 12.5. The van der Waals surface area contributed by atoms with Crippen LogP contribution in [-0.2, 0) is 9.53 Å². The van der Waals surface area contributed by atoms with Crippen LogP contribution in [0, 0.1) is 16.0 Å². The minimum atomic E-state index is -0.883. The van der Waals surface area contributed by atoms with E-state index in [-0.39, 0.29) is 40.5 Å². The Balaban J connectivity index is 1.94. The van der Waals surface area contributed by atoms with Crippen LogP contribution in [0.1, 0.15) is 37.9 Å². The molecule has 0 radical (unpaired) electrons. The van der Waals surface area contributed by atoms with E-state index >= 15 is 0 Å². The van der Waals surface area contributed by atoms with E-state index in [9.17, 15) is 19.7 Å². The highest BCUT2D eigenvalue weighted by atomic mass is 32.1. The number of allylic oxidation sites excluding steroid dienone is 1. The molecule has 4 rings (SSSR count). The van der Waals surface area contributed by atoms with Crippen LogP contribution < -0.4 is 24.4 Å². The van der Waals surface area contributed by atoms with Crippen LogP contribution in [0.4, 0.5) is 5.69 Å². The smallest absolute Gasteiger partial charge is 0.338 e. The van der Waals surface area contributed by atoms with E-state index in [1.807, 2.05) is 13.8 Å². The second-order valence-corrected chi connectivity index (χ2v) is 10.4. The average molecular weight is 564 g/mol. The van der Waals surface area contributed by atoms with Crippen LogP contribution in [0.5, 0.6) is 11.5 Å².